The van der Waals surface area contributed by atoms with Crippen molar-refractivity contribution in [2.45, 2.75) is 6.42 Å². The fourth-order valence-corrected chi connectivity index (χ4v) is 1.02. The van der Waals surface area contributed by atoms with Crippen LogP contribution in [0.4, 0.5) is 5.82 Å². The van der Waals surface area contributed by atoms with Crippen LogP contribution in [0.25, 0.3) is 0 Å². The minimum Gasteiger partial charge on any atom is -0.465 e. The number of hydrogen-bond acceptors (Lipinski definition) is 5. The van der Waals surface area contributed by atoms with Crippen LogP contribution in [0.2, 0.25) is 0 Å². The van der Waals surface area contributed by atoms with Gasteiger partial charge in [-0.1, -0.05) is 11.8 Å². The van der Waals surface area contributed by atoms with E-state index in [9.17, 15) is 4.79 Å². The number of esters is 1. The number of anilines is 1. The molecule has 1 aromatic rings. The molecule has 5 nitrogen and oxygen atoms in total. The fourth-order valence-electron chi connectivity index (χ4n) is 1.02. The third-order valence-electron chi connectivity index (χ3n) is 1.80. The van der Waals surface area contributed by atoms with Gasteiger partial charge in [0, 0.05) is 12.6 Å². The molecule has 0 saturated heterocycles. The predicted octanol–water partition coefficient (Wildman–Crippen LogP) is 0.184. The number of carbonyl (C=O) groups excluding carboxylic acids is 1. The molecule has 3 N–H and O–H groups in total. The summed E-state index contributed by atoms with van der Waals surface area (Å²) in [6, 6.07) is 1.51. The van der Waals surface area contributed by atoms with Gasteiger partial charge in [-0.3, -0.25) is 0 Å². The lowest BCUT2D eigenvalue weighted by atomic mass is 10.2. The van der Waals surface area contributed by atoms with Crippen LogP contribution in [-0.4, -0.2) is 29.8 Å². The van der Waals surface area contributed by atoms with E-state index < -0.39 is 5.97 Å². The van der Waals surface area contributed by atoms with Gasteiger partial charge in [0.1, 0.15) is 5.82 Å². The first kappa shape index (κ1) is 12.0. The number of aliphatic hydroxyl groups is 1. The second kappa shape index (κ2) is 5.73. The van der Waals surface area contributed by atoms with Gasteiger partial charge < -0.3 is 15.6 Å². The SMILES string of the molecule is COC(=O)c1cnc(N)c(C#CCCO)c1. The third kappa shape index (κ3) is 2.97. The molecule has 0 aliphatic heterocycles. The summed E-state index contributed by atoms with van der Waals surface area (Å²) in [5.74, 6) is 5.19. The number of pyridine rings is 1. The molecule has 0 radical (unpaired) electrons. The summed E-state index contributed by atoms with van der Waals surface area (Å²) in [6.45, 7) is -0.0168. The number of nitrogens with zero attached hydrogens (tertiary/aromatic N) is 1. The molecule has 84 valence electrons. The smallest absolute Gasteiger partial charge is 0.339 e. The fraction of sp³-hybridized carbons (Fsp3) is 0.273. The van der Waals surface area contributed by atoms with Crippen LogP contribution < -0.4 is 5.73 Å². The van der Waals surface area contributed by atoms with Crippen LogP contribution in [0, 0.1) is 11.8 Å². The van der Waals surface area contributed by atoms with E-state index in [2.05, 4.69) is 21.6 Å². The topological polar surface area (TPSA) is 85.4 Å². The Morgan fingerprint density at radius 3 is 3.06 bits per heavy atom. The van der Waals surface area contributed by atoms with E-state index in [-0.39, 0.29) is 12.4 Å². The van der Waals surface area contributed by atoms with Crippen molar-refractivity contribution in [2.24, 2.45) is 0 Å². The molecule has 0 fully saturated rings. The van der Waals surface area contributed by atoms with E-state index in [4.69, 9.17) is 10.8 Å². The normalized spacial score (nSPS) is 9.12. The van der Waals surface area contributed by atoms with Crippen molar-refractivity contribution in [2.75, 3.05) is 19.5 Å². The van der Waals surface area contributed by atoms with E-state index in [1.54, 1.807) is 0 Å². The molecule has 0 spiro atoms. The van der Waals surface area contributed by atoms with Crippen LogP contribution in [0.3, 0.4) is 0 Å². The van der Waals surface area contributed by atoms with Gasteiger partial charge in [-0.2, -0.15) is 0 Å². The van der Waals surface area contributed by atoms with Gasteiger partial charge in [-0.15, -0.1) is 0 Å². The molecule has 0 amide bonds. The Kier molecular flexibility index (Phi) is 4.30. The molecule has 0 aliphatic carbocycles. The van der Waals surface area contributed by atoms with Crippen molar-refractivity contribution in [1.82, 2.24) is 4.98 Å². The average molecular weight is 220 g/mol. The van der Waals surface area contributed by atoms with Gasteiger partial charge >= 0.3 is 5.97 Å². The van der Waals surface area contributed by atoms with Crippen molar-refractivity contribution in [3.05, 3.63) is 23.4 Å². The highest BCUT2D eigenvalue weighted by Gasteiger charge is 2.07. The first-order valence-electron chi connectivity index (χ1n) is 4.62. The molecule has 0 aromatic carbocycles. The van der Waals surface area contributed by atoms with Crippen molar-refractivity contribution in [3.63, 3.8) is 0 Å². The lowest BCUT2D eigenvalue weighted by Gasteiger charge is -2.01. The quantitative estimate of drug-likeness (QED) is 0.548. The maximum Gasteiger partial charge on any atom is 0.339 e. The molecule has 1 heterocycles. The Hall–Kier alpha value is -2.06. The summed E-state index contributed by atoms with van der Waals surface area (Å²) in [4.78, 5) is 15.1. The number of methoxy groups -OCH3 is 1. The Morgan fingerprint density at radius 2 is 2.44 bits per heavy atom. The van der Waals surface area contributed by atoms with E-state index in [1.165, 1.54) is 19.4 Å². The lowest BCUT2D eigenvalue weighted by molar-refractivity contribution is 0.0600. The van der Waals surface area contributed by atoms with Crippen LogP contribution in [0.1, 0.15) is 22.3 Å². The lowest BCUT2D eigenvalue weighted by Crippen LogP contribution is -2.04. The standard InChI is InChI=1S/C11H12N2O3/c1-16-11(15)9-6-8(4-2-3-5-14)10(12)13-7-9/h6-7,14H,3,5H2,1H3,(H2,12,13). The van der Waals surface area contributed by atoms with Gasteiger partial charge in [-0.25, -0.2) is 9.78 Å². The number of ether oxygens (including phenoxy) is 1. The zero-order valence-corrected chi connectivity index (χ0v) is 8.86. The highest BCUT2D eigenvalue weighted by atomic mass is 16.5. The van der Waals surface area contributed by atoms with Gasteiger partial charge in [0.25, 0.3) is 0 Å². The van der Waals surface area contributed by atoms with Crippen molar-refractivity contribution < 1.29 is 14.6 Å². The highest BCUT2D eigenvalue weighted by molar-refractivity contribution is 5.89. The predicted molar refractivity (Wildman–Crippen MR) is 58.6 cm³/mol. The molecular weight excluding hydrogens is 208 g/mol. The van der Waals surface area contributed by atoms with Crippen molar-refractivity contribution in [3.8, 4) is 11.8 Å². The summed E-state index contributed by atoms with van der Waals surface area (Å²) < 4.78 is 4.55. The molecule has 1 aromatic heterocycles. The molecule has 0 atom stereocenters. The highest BCUT2D eigenvalue weighted by Crippen LogP contribution is 2.10. The zero-order chi connectivity index (χ0) is 12.0. The molecule has 0 aliphatic rings. The molecule has 5 heteroatoms. The first-order valence-corrected chi connectivity index (χ1v) is 4.62. The number of nitrogen functional groups attached to an aromatic ring is 1. The number of hydrogen-bond donors (Lipinski definition) is 2. The summed E-state index contributed by atoms with van der Waals surface area (Å²) in [5.41, 5.74) is 6.34. The molecule has 16 heavy (non-hydrogen) atoms. The first-order chi connectivity index (χ1) is 7.69. The summed E-state index contributed by atoms with van der Waals surface area (Å²) in [5, 5.41) is 8.57. The Bertz CT molecular complexity index is 446. The minimum absolute atomic E-state index is 0.0168. The summed E-state index contributed by atoms with van der Waals surface area (Å²) in [6.07, 6.45) is 1.68. The van der Waals surface area contributed by atoms with Crippen LogP contribution in [-0.2, 0) is 4.74 Å². The Balaban J connectivity index is 3.01. The van der Waals surface area contributed by atoms with E-state index >= 15 is 0 Å². The number of rotatable bonds is 2. The van der Waals surface area contributed by atoms with E-state index in [0.717, 1.165) is 0 Å². The van der Waals surface area contributed by atoms with Gasteiger partial charge in [0.2, 0.25) is 0 Å². The molecule has 1 rings (SSSR count). The van der Waals surface area contributed by atoms with Gasteiger partial charge in [0.05, 0.1) is 24.8 Å². The summed E-state index contributed by atoms with van der Waals surface area (Å²) >= 11 is 0. The number of aromatic nitrogens is 1. The molecule has 0 bridgehead atoms. The Labute approximate surface area is 93.2 Å². The summed E-state index contributed by atoms with van der Waals surface area (Å²) in [7, 11) is 1.29. The van der Waals surface area contributed by atoms with Crippen LogP contribution in [0.5, 0.6) is 0 Å². The third-order valence-corrected chi connectivity index (χ3v) is 1.80. The largest absolute Gasteiger partial charge is 0.465 e. The van der Waals surface area contributed by atoms with Crippen molar-refractivity contribution >= 4 is 11.8 Å². The zero-order valence-electron chi connectivity index (χ0n) is 8.86. The average Bonchev–Trinajstić information content (AvgIpc) is 2.31. The number of carbonyl (C=O) groups is 1. The van der Waals surface area contributed by atoms with Gasteiger partial charge in [0.15, 0.2) is 0 Å². The van der Waals surface area contributed by atoms with E-state index in [0.29, 0.717) is 17.5 Å². The van der Waals surface area contributed by atoms with Crippen LogP contribution >= 0.6 is 0 Å². The molecule has 0 saturated carbocycles. The monoisotopic (exact) mass is 220 g/mol. The van der Waals surface area contributed by atoms with Crippen molar-refractivity contribution in [1.29, 1.82) is 0 Å². The molecule has 0 unspecified atom stereocenters. The Morgan fingerprint density at radius 1 is 1.69 bits per heavy atom. The molecular formula is C11H12N2O3. The number of aliphatic hydroxyl groups excluding tert-OH is 1. The maximum absolute atomic E-state index is 11.2. The second-order valence-electron chi connectivity index (χ2n) is 2.92. The second-order valence-corrected chi connectivity index (χ2v) is 2.92. The number of nitrogens with two attached hydrogens (primary N) is 1. The van der Waals surface area contributed by atoms with Crippen LogP contribution in [0.15, 0.2) is 12.3 Å². The minimum atomic E-state index is -0.488. The van der Waals surface area contributed by atoms with E-state index in [1.807, 2.05) is 0 Å². The maximum atomic E-state index is 11.2. The van der Waals surface area contributed by atoms with Gasteiger partial charge in [-0.05, 0) is 6.07 Å².